The quantitative estimate of drug-likeness (QED) is 0.518. The Morgan fingerprint density at radius 1 is 1.12 bits per heavy atom. The molecule has 0 bridgehead atoms. The molecule has 1 N–H and O–H groups in total. The molecule has 0 aliphatic heterocycles. The zero-order chi connectivity index (χ0) is 12.2. The van der Waals surface area contributed by atoms with E-state index < -0.39 is 0 Å². The summed E-state index contributed by atoms with van der Waals surface area (Å²) in [5.74, 6) is 0.0831. The predicted octanol–water partition coefficient (Wildman–Crippen LogP) is 0.233. The second kappa shape index (κ2) is 11.0. The lowest BCUT2D eigenvalue weighted by atomic mass is 10.2. The van der Waals surface area contributed by atoms with Crippen LogP contribution >= 0.6 is 0 Å². The molecule has 0 aromatic rings. The van der Waals surface area contributed by atoms with Gasteiger partial charge in [-0.3, -0.25) is 4.79 Å². The number of hydrogen-bond donors (Lipinski definition) is 1. The minimum Gasteiger partial charge on any atom is -0.379 e. The van der Waals surface area contributed by atoms with Crippen LogP contribution in [0.25, 0.3) is 0 Å². The molecule has 0 saturated heterocycles. The minimum atomic E-state index is -0.219. The van der Waals surface area contributed by atoms with E-state index >= 15 is 0 Å². The van der Waals surface area contributed by atoms with Crippen molar-refractivity contribution in [3.05, 3.63) is 0 Å². The molecule has 16 heavy (non-hydrogen) atoms. The van der Waals surface area contributed by atoms with Crippen molar-refractivity contribution in [3.8, 4) is 0 Å². The van der Waals surface area contributed by atoms with Crippen LogP contribution in [0.5, 0.6) is 0 Å². The smallest absolute Gasteiger partial charge is 0.149 e. The van der Waals surface area contributed by atoms with Gasteiger partial charge in [-0.1, -0.05) is 0 Å². The Hall–Kier alpha value is -0.490. The zero-order valence-electron chi connectivity index (χ0n) is 10.5. The molecule has 0 spiro atoms. The van der Waals surface area contributed by atoms with Crippen molar-refractivity contribution in [2.24, 2.45) is 0 Å². The highest BCUT2D eigenvalue weighted by Gasteiger charge is 2.10. The average Bonchev–Trinajstić information content (AvgIpc) is 2.26. The molecule has 0 radical (unpaired) electrons. The van der Waals surface area contributed by atoms with Crippen molar-refractivity contribution < 1.29 is 19.0 Å². The van der Waals surface area contributed by atoms with Crippen molar-refractivity contribution in [1.82, 2.24) is 5.32 Å². The van der Waals surface area contributed by atoms with E-state index in [1.807, 2.05) is 6.92 Å². The molecule has 0 amide bonds. The largest absolute Gasteiger partial charge is 0.379 e. The molecule has 0 saturated carbocycles. The molecular formula is C11H23NO4. The highest BCUT2D eigenvalue weighted by molar-refractivity contribution is 5.81. The molecule has 0 rings (SSSR count). The number of ether oxygens (including phenoxy) is 3. The maximum Gasteiger partial charge on any atom is 0.149 e. The molecule has 5 heteroatoms. The summed E-state index contributed by atoms with van der Waals surface area (Å²) in [4.78, 5) is 11.0. The molecule has 0 fully saturated rings. The number of carbonyl (C=O) groups excluding carboxylic acids is 1. The number of likely N-dealkylation sites (N-methyl/N-ethyl adjacent to an activating group) is 1. The lowest BCUT2D eigenvalue weighted by Gasteiger charge is -2.12. The van der Waals surface area contributed by atoms with E-state index in [4.69, 9.17) is 14.2 Å². The van der Waals surface area contributed by atoms with Crippen LogP contribution in [0, 0.1) is 0 Å². The van der Waals surface area contributed by atoms with Crippen molar-refractivity contribution >= 4 is 5.78 Å². The number of nitrogens with one attached hydrogen (secondary N) is 1. The van der Waals surface area contributed by atoms with Gasteiger partial charge >= 0.3 is 0 Å². The Balaban J connectivity index is 3.22. The highest BCUT2D eigenvalue weighted by Crippen LogP contribution is 1.88. The molecule has 96 valence electrons. The number of rotatable bonds is 11. The molecule has 0 aliphatic carbocycles. The van der Waals surface area contributed by atoms with Gasteiger partial charge in [0.15, 0.2) is 0 Å². The molecule has 5 nitrogen and oxygen atoms in total. The first-order chi connectivity index (χ1) is 7.72. The third-order valence-electron chi connectivity index (χ3n) is 2.07. The van der Waals surface area contributed by atoms with E-state index in [0.717, 1.165) is 0 Å². The number of Topliss-reactive ketones (excluding diaryl/α,β-unsaturated/α-hetero) is 1. The summed E-state index contributed by atoms with van der Waals surface area (Å²) in [5.41, 5.74) is 0. The van der Waals surface area contributed by atoms with E-state index in [1.165, 1.54) is 0 Å². The highest BCUT2D eigenvalue weighted by atomic mass is 16.5. The molecular weight excluding hydrogens is 210 g/mol. The summed E-state index contributed by atoms with van der Waals surface area (Å²) < 4.78 is 15.7. The van der Waals surface area contributed by atoms with Crippen LogP contribution in [0.15, 0.2) is 0 Å². The summed E-state index contributed by atoms with van der Waals surface area (Å²) in [5, 5.41) is 2.88. The van der Waals surface area contributed by atoms with Crippen LogP contribution in [-0.2, 0) is 19.0 Å². The van der Waals surface area contributed by atoms with Crippen LogP contribution in [0.4, 0.5) is 0 Å². The first-order valence-corrected chi connectivity index (χ1v) is 5.63. The first kappa shape index (κ1) is 15.5. The summed E-state index contributed by atoms with van der Waals surface area (Å²) in [6, 6.07) is -0.219. The zero-order valence-corrected chi connectivity index (χ0v) is 10.5. The normalized spacial score (nSPS) is 12.7. The van der Waals surface area contributed by atoms with Gasteiger partial charge in [0, 0.05) is 6.61 Å². The minimum absolute atomic E-state index is 0.0831. The van der Waals surface area contributed by atoms with Crippen LogP contribution in [0.3, 0.4) is 0 Å². The second-order valence-electron chi connectivity index (χ2n) is 3.34. The van der Waals surface area contributed by atoms with Crippen LogP contribution in [-0.4, -0.2) is 58.5 Å². The summed E-state index contributed by atoms with van der Waals surface area (Å²) in [6.07, 6.45) is 0. The molecule has 1 atom stereocenters. The van der Waals surface area contributed by atoms with E-state index in [1.54, 1.807) is 14.0 Å². The lowest BCUT2D eigenvalue weighted by Crippen LogP contribution is -2.37. The summed E-state index contributed by atoms with van der Waals surface area (Å²) in [7, 11) is 1.74. The molecule has 0 aliphatic rings. The van der Waals surface area contributed by atoms with Gasteiger partial charge in [0.25, 0.3) is 0 Å². The van der Waals surface area contributed by atoms with E-state index in [2.05, 4.69) is 5.32 Å². The fourth-order valence-corrected chi connectivity index (χ4v) is 1.09. The second-order valence-corrected chi connectivity index (χ2v) is 3.34. The van der Waals surface area contributed by atoms with Gasteiger partial charge in [-0.15, -0.1) is 0 Å². The Bertz CT molecular complexity index is 175. The molecule has 0 unspecified atom stereocenters. The molecule has 0 aromatic carbocycles. The van der Waals surface area contributed by atoms with Crippen LogP contribution in [0.2, 0.25) is 0 Å². The van der Waals surface area contributed by atoms with E-state index in [-0.39, 0.29) is 11.8 Å². The fraction of sp³-hybridized carbons (Fsp3) is 0.909. The monoisotopic (exact) mass is 233 g/mol. The van der Waals surface area contributed by atoms with Crippen molar-refractivity contribution in [2.75, 3.05) is 46.7 Å². The maximum absolute atomic E-state index is 11.0. The van der Waals surface area contributed by atoms with Crippen molar-refractivity contribution in [2.45, 2.75) is 19.9 Å². The van der Waals surface area contributed by atoms with E-state index in [9.17, 15) is 4.79 Å². The Labute approximate surface area is 97.4 Å². The van der Waals surface area contributed by atoms with Gasteiger partial charge in [0.2, 0.25) is 0 Å². The van der Waals surface area contributed by atoms with Gasteiger partial charge in [0.05, 0.1) is 39.1 Å². The van der Waals surface area contributed by atoms with Gasteiger partial charge in [-0.2, -0.15) is 0 Å². The van der Waals surface area contributed by atoms with Crippen molar-refractivity contribution in [1.29, 1.82) is 0 Å². The lowest BCUT2D eigenvalue weighted by molar-refractivity contribution is -0.120. The van der Waals surface area contributed by atoms with Crippen molar-refractivity contribution in [3.63, 3.8) is 0 Å². The third-order valence-corrected chi connectivity index (χ3v) is 2.07. The molecule has 0 aromatic heterocycles. The molecule has 0 heterocycles. The Morgan fingerprint density at radius 2 is 1.69 bits per heavy atom. The van der Waals surface area contributed by atoms with Gasteiger partial charge in [0.1, 0.15) is 5.78 Å². The average molecular weight is 233 g/mol. The topological polar surface area (TPSA) is 56.8 Å². The number of carbonyl (C=O) groups is 1. The SMILES string of the molecule is CCOCCOCCOC[C@H](NC)C(C)=O. The van der Waals surface area contributed by atoms with Crippen LogP contribution < -0.4 is 5.32 Å². The third kappa shape index (κ3) is 8.79. The number of hydrogen-bond acceptors (Lipinski definition) is 5. The Kier molecular flexibility index (Phi) is 10.7. The van der Waals surface area contributed by atoms with Gasteiger partial charge < -0.3 is 19.5 Å². The maximum atomic E-state index is 11.0. The van der Waals surface area contributed by atoms with Crippen LogP contribution in [0.1, 0.15) is 13.8 Å². The fourth-order valence-electron chi connectivity index (χ4n) is 1.09. The number of ketones is 1. The predicted molar refractivity (Wildman–Crippen MR) is 61.7 cm³/mol. The standard InChI is InChI=1S/C11H23NO4/c1-4-14-5-6-15-7-8-16-9-11(12-3)10(2)13/h11-12H,4-9H2,1-3H3/t11-/m0/s1. The van der Waals surface area contributed by atoms with Gasteiger partial charge in [-0.05, 0) is 20.9 Å². The van der Waals surface area contributed by atoms with Gasteiger partial charge in [-0.25, -0.2) is 0 Å². The summed E-state index contributed by atoms with van der Waals surface area (Å²) >= 11 is 0. The summed E-state index contributed by atoms with van der Waals surface area (Å²) in [6.45, 7) is 6.82. The van der Waals surface area contributed by atoms with E-state index in [0.29, 0.717) is 39.6 Å². The first-order valence-electron chi connectivity index (χ1n) is 5.63. The Morgan fingerprint density at radius 3 is 2.19 bits per heavy atom.